The lowest BCUT2D eigenvalue weighted by Crippen LogP contribution is -2.12. The summed E-state index contributed by atoms with van der Waals surface area (Å²) in [7, 11) is 0. The van der Waals surface area contributed by atoms with E-state index in [0.717, 1.165) is 35.0 Å². The van der Waals surface area contributed by atoms with Gasteiger partial charge in [0.1, 0.15) is 16.5 Å². The van der Waals surface area contributed by atoms with Crippen molar-refractivity contribution < 1.29 is 4.39 Å². The maximum absolute atomic E-state index is 13.2. The largest absolute Gasteiger partial charge is 0.309 e. The van der Waals surface area contributed by atoms with E-state index in [2.05, 4.69) is 9.97 Å². The van der Waals surface area contributed by atoms with Gasteiger partial charge in [-0.1, -0.05) is 12.1 Å². The fraction of sp³-hybridized carbons (Fsp3) is 0.333. The highest BCUT2D eigenvalue weighted by atomic mass is 32.2. The van der Waals surface area contributed by atoms with Gasteiger partial charge in [0.15, 0.2) is 0 Å². The molecular weight excluding hydrogens is 343 g/mol. The van der Waals surface area contributed by atoms with Gasteiger partial charge in [0, 0.05) is 10.6 Å². The maximum Gasteiger partial charge on any atom is 0.259 e. The van der Waals surface area contributed by atoms with Gasteiger partial charge in [0.2, 0.25) is 0 Å². The number of benzene rings is 1. The smallest absolute Gasteiger partial charge is 0.259 e. The molecule has 1 aromatic carbocycles. The lowest BCUT2D eigenvalue weighted by molar-refractivity contribution is 0.626. The molecule has 0 amide bonds. The van der Waals surface area contributed by atoms with Crippen molar-refractivity contribution in [1.29, 1.82) is 0 Å². The van der Waals surface area contributed by atoms with E-state index in [1.165, 1.54) is 22.9 Å². The molecule has 0 saturated heterocycles. The molecule has 1 aliphatic carbocycles. The summed E-state index contributed by atoms with van der Waals surface area (Å²) in [5.41, 5.74) is 2.14. The molecule has 0 aliphatic heterocycles. The predicted octanol–water partition coefficient (Wildman–Crippen LogP) is 4.44. The van der Waals surface area contributed by atoms with E-state index in [1.807, 2.05) is 6.07 Å². The topological polar surface area (TPSA) is 45.8 Å². The number of nitrogens with one attached hydrogen (secondary N) is 1. The molecule has 0 radical (unpaired) electrons. The second-order valence-electron chi connectivity index (χ2n) is 6.03. The van der Waals surface area contributed by atoms with E-state index < -0.39 is 0 Å². The van der Waals surface area contributed by atoms with Crippen LogP contribution >= 0.6 is 23.1 Å². The zero-order valence-electron chi connectivity index (χ0n) is 13.1. The number of nitrogens with zero attached hydrogens (tertiary/aromatic N) is 1. The quantitative estimate of drug-likeness (QED) is 0.748. The molecular formula is C18H17FN2OS2. The zero-order chi connectivity index (χ0) is 16.5. The number of thioether (sulfide) groups is 1. The van der Waals surface area contributed by atoms with Crippen LogP contribution in [0.1, 0.15) is 34.7 Å². The van der Waals surface area contributed by atoms with Crippen molar-refractivity contribution in [2.45, 2.75) is 37.2 Å². The zero-order valence-corrected chi connectivity index (χ0v) is 14.7. The Morgan fingerprint density at radius 1 is 1.25 bits per heavy atom. The van der Waals surface area contributed by atoms with Crippen molar-refractivity contribution in [1.82, 2.24) is 9.97 Å². The number of halogens is 1. The maximum atomic E-state index is 13.2. The van der Waals surface area contributed by atoms with Crippen LogP contribution in [0.4, 0.5) is 4.39 Å². The summed E-state index contributed by atoms with van der Waals surface area (Å²) >= 11 is 3.30. The van der Waals surface area contributed by atoms with Crippen LogP contribution in [0.2, 0.25) is 0 Å². The molecule has 0 spiro atoms. The third-order valence-electron chi connectivity index (χ3n) is 4.27. The number of aromatic nitrogens is 2. The van der Waals surface area contributed by atoms with Crippen LogP contribution in [-0.2, 0) is 24.3 Å². The first-order chi connectivity index (χ1) is 11.7. The van der Waals surface area contributed by atoms with Gasteiger partial charge in [-0.2, -0.15) is 0 Å². The number of hydrogen-bond acceptors (Lipinski definition) is 4. The van der Waals surface area contributed by atoms with Gasteiger partial charge in [-0.3, -0.25) is 4.79 Å². The first-order valence-electron chi connectivity index (χ1n) is 8.06. The summed E-state index contributed by atoms with van der Waals surface area (Å²) in [6, 6.07) is 6.61. The predicted molar refractivity (Wildman–Crippen MR) is 98.3 cm³/mol. The third-order valence-corrected chi connectivity index (χ3v) is 6.47. The first-order valence-corrected chi connectivity index (χ1v) is 10.0. The molecule has 3 nitrogen and oxygen atoms in total. The number of fused-ring (bicyclic) bond motifs is 3. The Morgan fingerprint density at radius 2 is 2.12 bits per heavy atom. The van der Waals surface area contributed by atoms with Gasteiger partial charge in [-0.05, 0) is 48.9 Å². The minimum atomic E-state index is -0.217. The summed E-state index contributed by atoms with van der Waals surface area (Å²) in [6.45, 7) is 0. The number of thiophene rings is 1. The van der Waals surface area contributed by atoms with Gasteiger partial charge in [-0.15, -0.1) is 23.1 Å². The minimum absolute atomic E-state index is 0.0132. The number of hydrogen-bond donors (Lipinski definition) is 1. The van der Waals surface area contributed by atoms with E-state index in [0.29, 0.717) is 17.3 Å². The van der Waals surface area contributed by atoms with Crippen molar-refractivity contribution in [3.63, 3.8) is 0 Å². The van der Waals surface area contributed by atoms with Gasteiger partial charge < -0.3 is 4.98 Å². The average molecular weight is 360 g/mol. The van der Waals surface area contributed by atoms with Crippen LogP contribution in [0.5, 0.6) is 0 Å². The normalized spacial score (nSPS) is 14.0. The van der Waals surface area contributed by atoms with E-state index in [9.17, 15) is 9.18 Å². The van der Waals surface area contributed by atoms with Crippen LogP contribution in [-0.4, -0.2) is 9.97 Å². The lowest BCUT2D eigenvalue weighted by atomic mass is 9.97. The number of aromatic amines is 1. The highest BCUT2D eigenvalue weighted by Crippen LogP contribution is 2.33. The summed E-state index contributed by atoms with van der Waals surface area (Å²) in [6.07, 6.45) is 4.42. The summed E-state index contributed by atoms with van der Waals surface area (Å²) in [5.74, 6) is 1.79. The van der Waals surface area contributed by atoms with Crippen LogP contribution in [0.3, 0.4) is 0 Å². The molecule has 1 aliphatic rings. The molecule has 4 rings (SSSR count). The Balaban J connectivity index is 1.53. The minimum Gasteiger partial charge on any atom is -0.309 e. The van der Waals surface area contributed by atoms with Gasteiger partial charge in [0.05, 0.1) is 11.1 Å². The summed E-state index contributed by atoms with van der Waals surface area (Å²) in [4.78, 5) is 22.2. The van der Waals surface area contributed by atoms with E-state index >= 15 is 0 Å². The van der Waals surface area contributed by atoms with Crippen LogP contribution in [0, 0.1) is 5.82 Å². The van der Waals surface area contributed by atoms with Crippen molar-refractivity contribution in [2.75, 3.05) is 0 Å². The Labute approximate surface area is 147 Å². The summed E-state index contributed by atoms with van der Waals surface area (Å²) < 4.78 is 13.2. The van der Waals surface area contributed by atoms with E-state index in [4.69, 9.17) is 0 Å². The number of H-pyrrole nitrogens is 1. The van der Waals surface area contributed by atoms with E-state index in [-0.39, 0.29) is 11.4 Å². The number of aryl methyl sites for hydroxylation is 2. The molecule has 0 unspecified atom stereocenters. The fourth-order valence-electron chi connectivity index (χ4n) is 3.17. The fourth-order valence-corrected chi connectivity index (χ4v) is 5.30. The van der Waals surface area contributed by atoms with Gasteiger partial charge in [-0.25, -0.2) is 9.37 Å². The third kappa shape index (κ3) is 3.13. The molecule has 1 N–H and O–H groups in total. The Kier molecular flexibility index (Phi) is 4.41. The molecule has 3 aromatic rings. The average Bonchev–Trinajstić information content (AvgIpc) is 2.93. The van der Waals surface area contributed by atoms with Crippen molar-refractivity contribution in [2.24, 2.45) is 0 Å². The second kappa shape index (κ2) is 6.69. The molecule has 0 saturated carbocycles. The van der Waals surface area contributed by atoms with Crippen molar-refractivity contribution >= 4 is 33.3 Å². The molecule has 6 heteroatoms. The molecule has 2 heterocycles. The van der Waals surface area contributed by atoms with Crippen molar-refractivity contribution in [3.8, 4) is 0 Å². The Bertz CT molecular complexity index is 948. The highest BCUT2D eigenvalue weighted by molar-refractivity contribution is 7.97. The summed E-state index contributed by atoms with van der Waals surface area (Å²) in [5, 5.41) is 0.800. The Morgan fingerprint density at radius 3 is 3.00 bits per heavy atom. The molecule has 124 valence electrons. The molecule has 0 atom stereocenters. The number of rotatable bonds is 4. The Hall–Kier alpha value is -1.66. The van der Waals surface area contributed by atoms with Crippen LogP contribution in [0.25, 0.3) is 10.2 Å². The SMILES string of the molecule is O=c1[nH]c(CSCc2cccc(F)c2)nc2sc3c(c12)CCCC3. The highest BCUT2D eigenvalue weighted by Gasteiger charge is 2.19. The standard InChI is InChI=1S/C18H17FN2OS2/c19-12-5-3-4-11(8-12)9-23-10-15-20-17(22)16-13-6-1-2-7-14(13)24-18(16)21-15/h3-5,8H,1-2,6-7,9-10H2,(H,20,21,22). The van der Waals surface area contributed by atoms with Crippen LogP contribution < -0.4 is 5.56 Å². The van der Waals surface area contributed by atoms with E-state index in [1.54, 1.807) is 35.2 Å². The molecule has 0 bridgehead atoms. The first kappa shape index (κ1) is 15.8. The molecule has 2 aromatic heterocycles. The molecule has 24 heavy (non-hydrogen) atoms. The monoisotopic (exact) mass is 360 g/mol. The van der Waals surface area contributed by atoms with Crippen molar-refractivity contribution in [3.05, 3.63) is 62.3 Å². The van der Waals surface area contributed by atoms with Crippen LogP contribution in [0.15, 0.2) is 29.1 Å². The second-order valence-corrected chi connectivity index (χ2v) is 8.10. The molecule has 0 fully saturated rings. The van der Waals surface area contributed by atoms with Gasteiger partial charge in [0.25, 0.3) is 5.56 Å². The van der Waals surface area contributed by atoms with Gasteiger partial charge >= 0.3 is 0 Å². The lowest BCUT2D eigenvalue weighted by Gasteiger charge is -2.09.